The zero-order valence-electron chi connectivity index (χ0n) is 12.6. The number of Topliss-reactive ketones (excluding diaryl/α,β-unsaturated/α-hetero) is 1. The first kappa shape index (κ1) is 14.7. The summed E-state index contributed by atoms with van der Waals surface area (Å²) in [6.07, 6.45) is 4.07. The highest BCUT2D eigenvalue weighted by Crippen LogP contribution is 2.32. The van der Waals surface area contributed by atoms with Gasteiger partial charge in [-0.25, -0.2) is 0 Å². The van der Waals surface area contributed by atoms with Crippen molar-refractivity contribution < 1.29 is 14.6 Å². The molecule has 114 valence electrons. The second-order valence-electron chi connectivity index (χ2n) is 5.68. The third kappa shape index (κ3) is 3.17. The fourth-order valence-electron chi connectivity index (χ4n) is 2.42. The summed E-state index contributed by atoms with van der Waals surface area (Å²) >= 11 is 0. The van der Waals surface area contributed by atoms with Gasteiger partial charge in [-0.15, -0.1) is 0 Å². The second-order valence-corrected chi connectivity index (χ2v) is 5.68. The van der Waals surface area contributed by atoms with E-state index in [2.05, 4.69) is 4.98 Å². The van der Waals surface area contributed by atoms with Crippen molar-refractivity contribution in [2.24, 2.45) is 5.92 Å². The number of ether oxygens (including phenoxy) is 1. The van der Waals surface area contributed by atoms with Gasteiger partial charge in [-0.3, -0.25) is 9.78 Å². The van der Waals surface area contributed by atoms with Gasteiger partial charge in [0.25, 0.3) is 0 Å². The number of benzene rings is 1. The largest absolute Gasteiger partial charge is 0.493 e. The minimum atomic E-state index is -0.133. The van der Waals surface area contributed by atoms with Gasteiger partial charge in [0.05, 0.1) is 24.5 Å². The first-order valence-corrected chi connectivity index (χ1v) is 7.52. The highest BCUT2D eigenvalue weighted by molar-refractivity contribution is 5.98. The maximum atomic E-state index is 11.9. The molecule has 22 heavy (non-hydrogen) atoms. The Balaban J connectivity index is 1.95. The van der Waals surface area contributed by atoms with Crippen LogP contribution >= 0.6 is 0 Å². The lowest BCUT2D eigenvalue weighted by atomic mass is 9.99. The molecule has 1 N–H and O–H groups in total. The van der Waals surface area contributed by atoms with Gasteiger partial charge in [-0.1, -0.05) is 12.1 Å². The Kier molecular flexibility index (Phi) is 4.20. The van der Waals surface area contributed by atoms with E-state index < -0.39 is 0 Å². The van der Waals surface area contributed by atoms with E-state index in [1.54, 1.807) is 13.1 Å². The molecule has 4 nitrogen and oxygen atoms in total. The third-order valence-electron chi connectivity index (χ3n) is 3.88. The molecular weight excluding hydrogens is 278 g/mol. The number of hydrogen-bond donors (Lipinski definition) is 1. The molecule has 1 aromatic heterocycles. The van der Waals surface area contributed by atoms with Crippen molar-refractivity contribution in [3.63, 3.8) is 0 Å². The number of aliphatic hydroxyl groups is 1. The second kappa shape index (κ2) is 6.28. The van der Waals surface area contributed by atoms with Crippen molar-refractivity contribution in [3.8, 4) is 16.9 Å². The Morgan fingerprint density at radius 3 is 2.86 bits per heavy atom. The van der Waals surface area contributed by atoms with E-state index in [0.717, 1.165) is 11.1 Å². The smallest absolute Gasteiger partial charge is 0.163 e. The van der Waals surface area contributed by atoms with E-state index in [1.165, 1.54) is 12.8 Å². The van der Waals surface area contributed by atoms with Crippen LogP contribution in [-0.4, -0.2) is 22.5 Å². The predicted molar refractivity (Wildman–Crippen MR) is 83.8 cm³/mol. The Hall–Kier alpha value is -2.20. The van der Waals surface area contributed by atoms with Crippen molar-refractivity contribution >= 4 is 5.78 Å². The highest BCUT2D eigenvalue weighted by Gasteiger charge is 2.23. The predicted octanol–water partition coefficient (Wildman–Crippen LogP) is 3.23. The maximum absolute atomic E-state index is 11.9. The van der Waals surface area contributed by atoms with Crippen LogP contribution in [0.2, 0.25) is 0 Å². The van der Waals surface area contributed by atoms with Crippen molar-refractivity contribution in [2.45, 2.75) is 26.4 Å². The molecule has 0 bridgehead atoms. The molecule has 1 aliphatic carbocycles. The number of ketones is 1. The quantitative estimate of drug-likeness (QED) is 0.832. The average molecular weight is 297 g/mol. The molecule has 0 unspecified atom stereocenters. The number of hydrogen-bond acceptors (Lipinski definition) is 4. The standard InChI is InChI=1S/C18H19NO3/c1-12(21)16-9-14(15-3-2-8-19-17(15)10-20)6-7-18(16)22-11-13-4-5-13/h2-3,6-9,13,20H,4-5,10-11H2,1H3. The van der Waals surface area contributed by atoms with Crippen molar-refractivity contribution in [2.75, 3.05) is 6.61 Å². The fourth-order valence-corrected chi connectivity index (χ4v) is 2.42. The molecule has 0 radical (unpaired) electrons. The normalized spacial score (nSPS) is 13.9. The first-order chi connectivity index (χ1) is 10.7. The Morgan fingerprint density at radius 1 is 1.36 bits per heavy atom. The lowest BCUT2D eigenvalue weighted by Gasteiger charge is -2.12. The topological polar surface area (TPSA) is 59.4 Å². The number of pyridine rings is 1. The molecule has 0 amide bonds. The van der Waals surface area contributed by atoms with E-state index in [-0.39, 0.29) is 12.4 Å². The first-order valence-electron chi connectivity index (χ1n) is 7.52. The summed E-state index contributed by atoms with van der Waals surface area (Å²) in [5.74, 6) is 1.25. The molecule has 0 spiro atoms. The summed E-state index contributed by atoms with van der Waals surface area (Å²) in [6.45, 7) is 2.08. The third-order valence-corrected chi connectivity index (χ3v) is 3.88. The molecule has 0 aliphatic heterocycles. The molecule has 1 heterocycles. The Morgan fingerprint density at radius 2 is 2.18 bits per heavy atom. The van der Waals surface area contributed by atoms with E-state index in [9.17, 15) is 9.90 Å². The van der Waals surface area contributed by atoms with Gasteiger partial charge in [-0.05, 0) is 49.4 Å². The highest BCUT2D eigenvalue weighted by atomic mass is 16.5. The van der Waals surface area contributed by atoms with Gasteiger partial charge in [0.1, 0.15) is 5.75 Å². The van der Waals surface area contributed by atoms with Gasteiger partial charge in [-0.2, -0.15) is 0 Å². The minimum Gasteiger partial charge on any atom is -0.493 e. The van der Waals surface area contributed by atoms with E-state index in [4.69, 9.17) is 4.74 Å². The molecule has 3 rings (SSSR count). The maximum Gasteiger partial charge on any atom is 0.163 e. The van der Waals surface area contributed by atoms with Gasteiger partial charge in [0.15, 0.2) is 5.78 Å². The molecule has 0 atom stereocenters. The summed E-state index contributed by atoms with van der Waals surface area (Å²) in [5, 5.41) is 9.41. The van der Waals surface area contributed by atoms with Gasteiger partial charge < -0.3 is 9.84 Å². The van der Waals surface area contributed by atoms with Crippen LogP contribution in [0, 0.1) is 5.92 Å². The zero-order valence-corrected chi connectivity index (χ0v) is 12.6. The lowest BCUT2D eigenvalue weighted by Crippen LogP contribution is -2.04. The van der Waals surface area contributed by atoms with Crippen LogP contribution < -0.4 is 4.74 Å². The zero-order chi connectivity index (χ0) is 15.5. The van der Waals surface area contributed by atoms with Gasteiger partial charge in [0, 0.05) is 11.8 Å². The molecule has 2 aromatic rings. The number of aromatic nitrogens is 1. The summed E-state index contributed by atoms with van der Waals surface area (Å²) in [5.41, 5.74) is 2.87. The number of carbonyl (C=O) groups is 1. The van der Waals surface area contributed by atoms with Crippen LogP contribution in [0.5, 0.6) is 5.75 Å². The molecule has 1 saturated carbocycles. The average Bonchev–Trinajstić information content (AvgIpc) is 3.37. The lowest BCUT2D eigenvalue weighted by molar-refractivity contribution is 0.101. The van der Waals surface area contributed by atoms with Crippen LogP contribution in [0.4, 0.5) is 0 Å². The molecular formula is C18H19NO3. The van der Waals surface area contributed by atoms with E-state index in [0.29, 0.717) is 29.5 Å². The fraction of sp³-hybridized carbons (Fsp3) is 0.333. The molecule has 1 aliphatic rings. The van der Waals surface area contributed by atoms with Gasteiger partial charge >= 0.3 is 0 Å². The number of nitrogens with zero attached hydrogens (tertiary/aromatic N) is 1. The SMILES string of the molecule is CC(=O)c1cc(-c2cccnc2CO)ccc1OCC1CC1. The summed E-state index contributed by atoms with van der Waals surface area (Å²) in [4.78, 5) is 16.1. The summed E-state index contributed by atoms with van der Waals surface area (Å²) in [7, 11) is 0. The van der Waals surface area contributed by atoms with Crippen LogP contribution in [0.25, 0.3) is 11.1 Å². The number of aliphatic hydroxyl groups excluding tert-OH is 1. The molecule has 1 aromatic carbocycles. The van der Waals surface area contributed by atoms with E-state index >= 15 is 0 Å². The van der Waals surface area contributed by atoms with Crippen molar-refractivity contribution in [1.29, 1.82) is 0 Å². The summed E-state index contributed by atoms with van der Waals surface area (Å²) in [6, 6.07) is 9.27. The molecule has 0 saturated heterocycles. The van der Waals surface area contributed by atoms with Crippen LogP contribution in [0.1, 0.15) is 35.8 Å². The van der Waals surface area contributed by atoms with Crippen molar-refractivity contribution in [1.82, 2.24) is 4.98 Å². The molecule has 4 heteroatoms. The van der Waals surface area contributed by atoms with Crippen molar-refractivity contribution in [3.05, 3.63) is 47.8 Å². The number of carbonyl (C=O) groups excluding carboxylic acids is 1. The Bertz CT molecular complexity index is 692. The monoisotopic (exact) mass is 297 g/mol. The van der Waals surface area contributed by atoms with Crippen LogP contribution in [0.15, 0.2) is 36.5 Å². The molecule has 1 fully saturated rings. The van der Waals surface area contributed by atoms with Crippen LogP contribution in [0.3, 0.4) is 0 Å². The van der Waals surface area contributed by atoms with Gasteiger partial charge in [0.2, 0.25) is 0 Å². The number of rotatable bonds is 6. The Labute approximate surface area is 129 Å². The van der Waals surface area contributed by atoms with E-state index in [1.807, 2.05) is 30.3 Å². The minimum absolute atomic E-state index is 0.0258. The summed E-state index contributed by atoms with van der Waals surface area (Å²) < 4.78 is 5.78. The van der Waals surface area contributed by atoms with Crippen LogP contribution in [-0.2, 0) is 6.61 Å².